The molecular weight excluding hydrogens is 162 g/mol. The van der Waals surface area contributed by atoms with Crippen LogP contribution in [0.15, 0.2) is 4.36 Å². The Morgan fingerprint density at radius 3 is 2.45 bits per heavy atom. The van der Waals surface area contributed by atoms with E-state index in [4.69, 9.17) is 0 Å². The molecule has 0 heterocycles. The van der Waals surface area contributed by atoms with E-state index in [1.807, 2.05) is 0 Å². The molecule has 4 heteroatoms. The summed E-state index contributed by atoms with van der Waals surface area (Å²) in [4.78, 5) is 0. The summed E-state index contributed by atoms with van der Waals surface area (Å²) in [6, 6.07) is 0. The zero-order valence-corrected chi connectivity index (χ0v) is 7.52. The van der Waals surface area contributed by atoms with Crippen molar-refractivity contribution in [3.63, 3.8) is 0 Å². The van der Waals surface area contributed by atoms with Gasteiger partial charge < -0.3 is 0 Å². The summed E-state index contributed by atoms with van der Waals surface area (Å²) in [5, 5.41) is 0. The van der Waals surface area contributed by atoms with E-state index in [1.54, 1.807) is 0 Å². The molecule has 0 aromatic rings. The van der Waals surface area contributed by atoms with Gasteiger partial charge in [0.2, 0.25) is 0 Å². The zero-order chi connectivity index (χ0) is 8.32. The first-order chi connectivity index (χ1) is 5.18. The Kier molecular flexibility index (Phi) is 2.65. The maximum absolute atomic E-state index is 10.3. The molecule has 1 rings (SSSR count). The van der Waals surface area contributed by atoms with Crippen LogP contribution in [0.4, 0.5) is 0 Å². The van der Waals surface area contributed by atoms with Gasteiger partial charge in [0.05, 0.1) is 5.54 Å². The summed E-state index contributed by atoms with van der Waals surface area (Å²) in [7, 11) is -2.20. The predicted molar refractivity (Wildman–Crippen MR) is 42.8 cm³/mol. The van der Waals surface area contributed by atoms with Gasteiger partial charge in [0, 0.05) is 0 Å². The minimum Gasteiger partial charge on any atom is -0.165 e. The molecule has 0 atom stereocenters. The van der Waals surface area contributed by atoms with Gasteiger partial charge in [-0.3, -0.25) is 0 Å². The van der Waals surface area contributed by atoms with Crippen LogP contribution in [-0.4, -0.2) is 14.0 Å². The van der Waals surface area contributed by atoms with E-state index < -0.39 is 10.5 Å². The molecule has 1 fully saturated rings. The third-order valence-electron chi connectivity index (χ3n) is 2.09. The molecule has 1 saturated carbocycles. The summed E-state index contributed by atoms with van der Waals surface area (Å²) < 4.78 is 24.2. The van der Waals surface area contributed by atoms with Crippen molar-refractivity contribution in [1.29, 1.82) is 0 Å². The van der Waals surface area contributed by atoms with Crippen molar-refractivity contribution in [2.45, 2.75) is 44.6 Å². The van der Waals surface area contributed by atoms with E-state index in [2.05, 4.69) is 11.3 Å². The molecule has 1 aliphatic carbocycles. The lowest BCUT2D eigenvalue weighted by Gasteiger charge is -2.03. The molecule has 11 heavy (non-hydrogen) atoms. The van der Waals surface area contributed by atoms with Crippen molar-refractivity contribution >= 4 is 10.5 Å². The van der Waals surface area contributed by atoms with Crippen LogP contribution >= 0.6 is 0 Å². The van der Waals surface area contributed by atoms with Gasteiger partial charge >= 0.3 is 10.5 Å². The van der Waals surface area contributed by atoms with E-state index in [0.717, 1.165) is 32.1 Å². The minimum absolute atomic E-state index is 0.164. The van der Waals surface area contributed by atoms with Gasteiger partial charge in [0.25, 0.3) is 0 Å². The summed E-state index contributed by atoms with van der Waals surface area (Å²) in [6.45, 7) is 2.10. The third kappa shape index (κ3) is 2.61. The molecule has 1 aliphatic rings. The quantitative estimate of drug-likeness (QED) is 0.653. The lowest BCUT2D eigenvalue weighted by Crippen LogP contribution is -2.02. The van der Waals surface area contributed by atoms with Crippen molar-refractivity contribution in [3.8, 4) is 0 Å². The molecule has 0 amide bonds. The third-order valence-corrected chi connectivity index (χ3v) is 2.63. The summed E-state index contributed by atoms with van der Waals surface area (Å²) in [6.07, 6.45) is 5.06. The van der Waals surface area contributed by atoms with Crippen molar-refractivity contribution in [3.05, 3.63) is 0 Å². The SMILES string of the molecule is CCCCC1(N=S(=O)=O)CC1. The number of hydrogen-bond acceptors (Lipinski definition) is 3. The Morgan fingerprint density at radius 2 is 2.09 bits per heavy atom. The molecule has 0 unspecified atom stereocenters. The molecule has 0 spiro atoms. The van der Waals surface area contributed by atoms with Crippen molar-refractivity contribution in [1.82, 2.24) is 0 Å². The monoisotopic (exact) mass is 175 g/mol. The Hall–Kier alpha value is -0.380. The Labute approximate surface area is 68.5 Å². The fourth-order valence-electron chi connectivity index (χ4n) is 1.20. The van der Waals surface area contributed by atoms with Crippen molar-refractivity contribution in [2.75, 3.05) is 0 Å². The normalized spacial score (nSPS) is 19.4. The lowest BCUT2D eigenvalue weighted by atomic mass is 10.1. The van der Waals surface area contributed by atoms with Crippen LogP contribution in [0.3, 0.4) is 0 Å². The molecule has 0 saturated heterocycles. The Bertz CT molecular complexity index is 244. The number of hydrogen-bond donors (Lipinski definition) is 0. The maximum atomic E-state index is 10.3. The molecule has 0 aliphatic heterocycles. The van der Waals surface area contributed by atoms with Gasteiger partial charge in [-0.25, -0.2) is 0 Å². The summed E-state index contributed by atoms with van der Waals surface area (Å²) in [5.41, 5.74) is -0.164. The fraction of sp³-hybridized carbons (Fsp3) is 1.00. The smallest absolute Gasteiger partial charge is 0.165 e. The fourth-order valence-corrected chi connectivity index (χ4v) is 1.79. The summed E-state index contributed by atoms with van der Waals surface area (Å²) >= 11 is 0. The number of rotatable bonds is 4. The van der Waals surface area contributed by atoms with E-state index in [0.29, 0.717) is 0 Å². The highest BCUT2D eigenvalue weighted by atomic mass is 32.2. The van der Waals surface area contributed by atoms with Gasteiger partial charge in [-0.1, -0.05) is 19.8 Å². The maximum Gasteiger partial charge on any atom is 0.311 e. The molecule has 0 bridgehead atoms. The second kappa shape index (κ2) is 3.34. The average Bonchev–Trinajstić information content (AvgIpc) is 2.64. The zero-order valence-electron chi connectivity index (χ0n) is 6.71. The van der Waals surface area contributed by atoms with Gasteiger partial charge in [0.15, 0.2) is 0 Å². The molecule has 64 valence electrons. The van der Waals surface area contributed by atoms with Crippen molar-refractivity contribution < 1.29 is 8.42 Å². The number of unbranched alkanes of at least 4 members (excludes halogenated alkanes) is 1. The van der Waals surface area contributed by atoms with Gasteiger partial charge in [-0.05, 0) is 19.3 Å². The first-order valence-corrected chi connectivity index (χ1v) is 5.04. The summed E-state index contributed by atoms with van der Waals surface area (Å²) in [5.74, 6) is 0. The van der Waals surface area contributed by atoms with E-state index in [1.165, 1.54) is 0 Å². The largest absolute Gasteiger partial charge is 0.311 e. The Balaban J connectivity index is 2.48. The number of nitrogens with zero attached hydrogens (tertiary/aromatic N) is 1. The highest BCUT2D eigenvalue weighted by molar-refractivity contribution is 7.61. The average molecular weight is 175 g/mol. The molecule has 0 N–H and O–H groups in total. The van der Waals surface area contributed by atoms with Crippen LogP contribution < -0.4 is 0 Å². The molecule has 0 aromatic heterocycles. The molecule has 0 radical (unpaired) electrons. The Morgan fingerprint density at radius 1 is 1.45 bits per heavy atom. The van der Waals surface area contributed by atoms with Gasteiger partial charge in [-0.15, -0.1) is 0 Å². The molecule has 0 aromatic carbocycles. The van der Waals surface area contributed by atoms with Gasteiger partial charge in [0.1, 0.15) is 0 Å². The first-order valence-electron chi connectivity index (χ1n) is 4.01. The second-order valence-corrected chi connectivity index (χ2v) is 3.75. The van der Waals surface area contributed by atoms with Crippen LogP contribution in [0.5, 0.6) is 0 Å². The van der Waals surface area contributed by atoms with Crippen molar-refractivity contribution in [2.24, 2.45) is 4.36 Å². The highest BCUT2D eigenvalue weighted by Crippen LogP contribution is 2.43. The van der Waals surface area contributed by atoms with E-state index in [9.17, 15) is 8.42 Å². The second-order valence-electron chi connectivity index (χ2n) is 3.14. The molecular formula is C7H13NO2S. The van der Waals surface area contributed by atoms with Crippen LogP contribution in [0.1, 0.15) is 39.0 Å². The first kappa shape index (κ1) is 8.71. The lowest BCUT2D eigenvalue weighted by molar-refractivity contribution is 0.562. The van der Waals surface area contributed by atoms with E-state index >= 15 is 0 Å². The van der Waals surface area contributed by atoms with Crippen LogP contribution in [-0.2, 0) is 10.5 Å². The van der Waals surface area contributed by atoms with Crippen LogP contribution in [0, 0.1) is 0 Å². The van der Waals surface area contributed by atoms with Crippen LogP contribution in [0.25, 0.3) is 0 Å². The van der Waals surface area contributed by atoms with Gasteiger partial charge in [-0.2, -0.15) is 12.8 Å². The predicted octanol–water partition coefficient (Wildman–Crippen LogP) is 1.77. The molecule has 3 nitrogen and oxygen atoms in total. The minimum atomic E-state index is -2.20. The van der Waals surface area contributed by atoms with Crippen LogP contribution in [0.2, 0.25) is 0 Å². The standard InChI is InChI=1S/C7H13NO2S/c1-2-3-4-7(5-6-7)8-11(9)10/h2-6H2,1H3. The highest BCUT2D eigenvalue weighted by Gasteiger charge is 2.42. The topological polar surface area (TPSA) is 46.5 Å². The van der Waals surface area contributed by atoms with E-state index in [-0.39, 0.29) is 5.54 Å².